The predicted molar refractivity (Wildman–Crippen MR) is 52.1 cm³/mol. The molecule has 2 unspecified atom stereocenters. The molecule has 0 aliphatic carbocycles. The van der Waals surface area contributed by atoms with Crippen LogP contribution in [0, 0.1) is 5.92 Å². The molecule has 0 aromatic rings. The quantitative estimate of drug-likeness (QED) is 0.635. The highest BCUT2D eigenvalue weighted by Crippen LogP contribution is 2.43. The maximum atomic E-state index is 11.8. The summed E-state index contributed by atoms with van der Waals surface area (Å²) in [5.41, 5.74) is -0.498. The van der Waals surface area contributed by atoms with Crippen molar-refractivity contribution in [2.24, 2.45) is 11.1 Å². The Hall–Kier alpha value is -1.52. The Morgan fingerprint density at radius 1 is 1.80 bits per heavy atom. The molecule has 0 radical (unpaired) electrons. The molecule has 0 aromatic carbocycles. The van der Waals surface area contributed by atoms with Gasteiger partial charge in [-0.25, -0.2) is 4.79 Å². The van der Waals surface area contributed by atoms with Gasteiger partial charge >= 0.3 is 5.97 Å². The minimum Gasteiger partial charge on any atom is -0.493 e. The number of oxime groups is 1. The monoisotopic (exact) mass is 211 g/mol. The smallest absolute Gasteiger partial charge is 0.362 e. The molecule has 1 saturated heterocycles. The maximum absolute atomic E-state index is 11.8. The fraction of sp³-hybridized carbons (Fsp3) is 0.600. The van der Waals surface area contributed by atoms with Crippen LogP contribution in [0.15, 0.2) is 17.5 Å². The van der Waals surface area contributed by atoms with Gasteiger partial charge in [0.05, 0.1) is 18.2 Å². The normalized spacial score (nSPS) is 32.8. The van der Waals surface area contributed by atoms with E-state index in [9.17, 15) is 4.79 Å². The van der Waals surface area contributed by atoms with E-state index in [1.807, 2.05) is 0 Å². The van der Waals surface area contributed by atoms with E-state index in [2.05, 4.69) is 11.7 Å². The van der Waals surface area contributed by atoms with Crippen LogP contribution in [-0.4, -0.2) is 30.5 Å². The summed E-state index contributed by atoms with van der Waals surface area (Å²) in [6.45, 7) is 7.89. The van der Waals surface area contributed by atoms with Gasteiger partial charge in [-0.3, -0.25) is 0 Å². The van der Waals surface area contributed by atoms with E-state index in [1.165, 1.54) is 0 Å². The van der Waals surface area contributed by atoms with Gasteiger partial charge in [-0.15, -0.1) is 0 Å². The highest BCUT2D eigenvalue weighted by Gasteiger charge is 2.63. The molecule has 0 aromatic heterocycles. The van der Waals surface area contributed by atoms with Gasteiger partial charge in [0.15, 0.2) is 0 Å². The van der Waals surface area contributed by atoms with Crippen molar-refractivity contribution in [1.29, 1.82) is 0 Å². The third-order valence-electron chi connectivity index (χ3n) is 2.75. The summed E-state index contributed by atoms with van der Waals surface area (Å²) in [6, 6.07) is 0. The molecule has 2 heterocycles. The second kappa shape index (κ2) is 3.25. The van der Waals surface area contributed by atoms with Crippen LogP contribution in [0.25, 0.3) is 0 Å². The zero-order chi connectivity index (χ0) is 11.1. The van der Waals surface area contributed by atoms with E-state index in [-0.39, 0.29) is 11.7 Å². The van der Waals surface area contributed by atoms with Crippen LogP contribution >= 0.6 is 0 Å². The molecule has 0 amide bonds. The molecule has 0 saturated carbocycles. The number of carbonyl (C=O) groups is 1. The van der Waals surface area contributed by atoms with Crippen molar-refractivity contribution in [1.82, 2.24) is 0 Å². The van der Waals surface area contributed by atoms with Gasteiger partial charge < -0.3 is 14.3 Å². The molecule has 5 nitrogen and oxygen atoms in total. The molecule has 2 aliphatic heterocycles. The van der Waals surface area contributed by atoms with E-state index < -0.39 is 11.6 Å². The highest BCUT2D eigenvalue weighted by atomic mass is 16.7. The summed E-state index contributed by atoms with van der Waals surface area (Å²) < 4.78 is 10.2. The van der Waals surface area contributed by atoms with Crippen molar-refractivity contribution >= 4 is 11.7 Å². The van der Waals surface area contributed by atoms with E-state index >= 15 is 0 Å². The number of nitrogens with zero attached hydrogens (tertiary/aromatic N) is 1. The van der Waals surface area contributed by atoms with Crippen LogP contribution in [-0.2, 0) is 19.1 Å². The molecule has 2 rings (SSSR count). The van der Waals surface area contributed by atoms with Gasteiger partial charge in [-0.2, -0.15) is 0 Å². The van der Waals surface area contributed by atoms with Crippen LogP contribution in [0.2, 0.25) is 0 Å². The van der Waals surface area contributed by atoms with Crippen LogP contribution in [0.4, 0.5) is 0 Å². The fourth-order valence-electron chi connectivity index (χ4n) is 1.87. The molecule has 5 heteroatoms. The van der Waals surface area contributed by atoms with Crippen LogP contribution in [0.1, 0.15) is 13.8 Å². The lowest BCUT2D eigenvalue weighted by Gasteiger charge is -2.22. The summed E-state index contributed by atoms with van der Waals surface area (Å²) >= 11 is 0. The second-order valence-corrected chi connectivity index (χ2v) is 3.57. The summed E-state index contributed by atoms with van der Waals surface area (Å²) in [5.74, 6) is -0.395. The van der Waals surface area contributed by atoms with Crippen LogP contribution < -0.4 is 0 Å². The summed E-state index contributed by atoms with van der Waals surface area (Å²) in [6.07, 6.45) is 0. The molecule has 0 bridgehead atoms. The van der Waals surface area contributed by atoms with Gasteiger partial charge in [-0.1, -0.05) is 11.7 Å². The molecule has 0 spiro atoms. The minimum absolute atomic E-state index is 0.205. The van der Waals surface area contributed by atoms with E-state index in [0.29, 0.717) is 13.2 Å². The van der Waals surface area contributed by atoms with Gasteiger partial charge in [0.2, 0.25) is 0 Å². The number of fused-ring (bicyclic) bond motifs is 1. The zero-order valence-electron chi connectivity index (χ0n) is 8.78. The van der Waals surface area contributed by atoms with Crippen LogP contribution in [0.3, 0.4) is 0 Å². The first-order chi connectivity index (χ1) is 7.13. The lowest BCUT2D eigenvalue weighted by Crippen LogP contribution is -2.45. The number of carbonyl (C=O) groups excluding carboxylic acids is 1. The van der Waals surface area contributed by atoms with Crippen molar-refractivity contribution in [3.8, 4) is 0 Å². The number of hydrogen-bond acceptors (Lipinski definition) is 5. The van der Waals surface area contributed by atoms with Crippen molar-refractivity contribution in [3.05, 3.63) is 12.3 Å². The average Bonchev–Trinajstić information content (AvgIpc) is 2.69. The molecule has 2 aliphatic rings. The van der Waals surface area contributed by atoms with Crippen molar-refractivity contribution < 1.29 is 19.1 Å². The highest BCUT2D eigenvalue weighted by molar-refractivity contribution is 5.97. The number of hydrogen-bond donors (Lipinski definition) is 0. The van der Waals surface area contributed by atoms with Crippen molar-refractivity contribution in [2.45, 2.75) is 19.4 Å². The van der Waals surface area contributed by atoms with Crippen LogP contribution in [0.5, 0.6) is 0 Å². The summed E-state index contributed by atoms with van der Waals surface area (Å²) in [7, 11) is 0. The fourth-order valence-corrected chi connectivity index (χ4v) is 1.87. The van der Waals surface area contributed by atoms with E-state index in [4.69, 9.17) is 14.3 Å². The number of rotatable bonds is 2. The molecule has 82 valence electrons. The Kier molecular flexibility index (Phi) is 2.17. The predicted octanol–water partition coefficient (Wildman–Crippen LogP) is 0.854. The molecular formula is C10H13NO4. The van der Waals surface area contributed by atoms with Gasteiger partial charge in [-0.05, 0) is 13.8 Å². The Bertz CT molecular complexity index is 349. The van der Waals surface area contributed by atoms with Gasteiger partial charge in [0.1, 0.15) is 12.4 Å². The summed E-state index contributed by atoms with van der Waals surface area (Å²) in [5, 5.41) is 3.82. The lowest BCUT2D eigenvalue weighted by atomic mass is 9.86. The van der Waals surface area contributed by atoms with E-state index in [0.717, 1.165) is 5.71 Å². The standard InChI is InChI=1S/C10H13NO4/c1-4-13-9(12)10-7(3)14-5-8(10)6(2)11-15-10/h8H,3-5H2,1-2H3. The van der Waals surface area contributed by atoms with Crippen molar-refractivity contribution in [2.75, 3.05) is 13.2 Å². The number of esters is 1. The topological polar surface area (TPSA) is 57.1 Å². The van der Waals surface area contributed by atoms with Crippen molar-refractivity contribution in [3.63, 3.8) is 0 Å². The third-order valence-corrected chi connectivity index (χ3v) is 2.75. The number of ether oxygens (including phenoxy) is 2. The first kappa shape index (κ1) is 10.0. The third kappa shape index (κ3) is 1.15. The van der Waals surface area contributed by atoms with Gasteiger partial charge in [0, 0.05) is 0 Å². The average molecular weight is 211 g/mol. The maximum Gasteiger partial charge on any atom is 0.362 e. The molecule has 15 heavy (non-hydrogen) atoms. The Labute approximate surface area is 87.7 Å². The SMILES string of the molecule is C=C1OCC2C(C)=NOC12C(=O)OCC. The Morgan fingerprint density at radius 2 is 2.53 bits per heavy atom. The Balaban J connectivity index is 2.32. The zero-order valence-corrected chi connectivity index (χ0v) is 8.78. The molecular weight excluding hydrogens is 198 g/mol. The molecule has 0 N–H and O–H groups in total. The molecule has 2 atom stereocenters. The molecule has 1 fully saturated rings. The second-order valence-electron chi connectivity index (χ2n) is 3.57. The summed E-state index contributed by atoms with van der Waals surface area (Å²) in [4.78, 5) is 17.0. The van der Waals surface area contributed by atoms with Gasteiger partial charge in [0.25, 0.3) is 5.60 Å². The minimum atomic E-state index is -1.24. The van der Waals surface area contributed by atoms with E-state index in [1.54, 1.807) is 13.8 Å². The lowest BCUT2D eigenvalue weighted by molar-refractivity contribution is -0.166. The Morgan fingerprint density at radius 3 is 3.20 bits per heavy atom. The first-order valence-electron chi connectivity index (χ1n) is 4.85. The largest absolute Gasteiger partial charge is 0.493 e. The first-order valence-corrected chi connectivity index (χ1v) is 4.85.